The number of hydrogen-bond acceptors (Lipinski definition) is 2. The van der Waals surface area contributed by atoms with Crippen molar-refractivity contribution in [1.29, 1.82) is 0 Å². The molecule has 3 nitrogen and oxygen atoms in total. The van der Waals surface area contributed by atoms with Gasteiger partial charge in [-0.25, -0.2) is 0 Å². The molecule has 0 radical (unpaired) electrons. The summed E-state index contributed by atoms with van der Waals surface area (Å²) in [5.41, 5.74) is 0. The van der Waals surface area contributed by atoms with Crippen molar-refractivity contribution in [1.82, 2.24) is 10.6 Å². The van der Waals surface area contributed by atoms with E-state index >= 15 is 0 Å². The molecule has 0 spiro atoms. The van der Waals surface area contributed by atoms with E-state index in [1.165, 1.54) is 0 Å². The van der Waals surface area contributed by atoms with Crippen LogP contribution in [0.4, 0.5) is 0 Å². The van der Waals surface area contributed by atoms with Crippen LogP contribution in [0.5, 0.6) is 0 Å². The fraction of sp³-hybridized carbons (Fsp3) is 0.727. The highest BCUT2D eigenvalue weighted by Crippen LogP contribution is 1.93. The van der Waals surface area contributed by atoms with Crippen molar-refractivity contribution < 1.29 is 4.79 Å². The van der Waals surface area contributed by atoms with Crippen LogP contribution in [0.3, 0.4) is 0 Å². The largest absolute Gasteiger partial charge is 0.355 e. The van der Waals surface area contributed by atoms with Crippen LogP contribution in [-0.2, 0) is 4.79 Å². The molecule has 0 rings (SSSR count). The second kappa shape index (κ2) is 7.56. The van der Waals surface area contributed by atoms with Crippen molar-refractivity contribution in [3.63, 3.8) is 0 Å². The first-order valence-electron chi connectivity index (χ1n) is 5.26. The monoisotopic (exact) mass is 198 g/mol. The Kier molecular flexibility index (Phi) is 7.11. The molecule has 0 saturated carbocycles. The summed E-state index contributed by atoms with van der Waals surface area (Å²) in [6.07, 6.45) is 3.71. The van der Waals surface area contributed by atoms with Gasteiger partial charge in [-0.2, -0.15) is 0 Å². The summed E-state index contributed by atoms with van der Waals surface area (Å²) < 4.78 is 0. The van der Waals surface area contributed by atoms with Gasteiger partial charge in [0.15, 0.2) is 0 Å². The average molecular weight is 198 g/mol. The zero-order chi connectivity index (χ0) is 11.0. The quantitative estimate of drug-likeness (QED) is 0.608. The molecule has 0 aliphatic rings. The van der Waals surface area contributed by atoms with Crippen LogP contribution in [0.15, 0.2) is 12.7 Å². The second-order valence-electron chi connectivity index (χ2n) is 3.60. The molecule has 82 valence electrons. The van der Waals surface area contributed by atoms with Gasteiger partial charge in [0.05, 0.1) is 6.04 Å². The van der Waals surface area contributed by atoms with Gasteiger partial charge in [0, 0.05) is 12.6 Å². The van der Waals surface area contributed by atoms with Crippen molar-refractivity contribution in [3.8, 4) is 0 Å². The van der Waals surface area contributed by atoms with Gasteiger partial charge < -0.3 is 10.6 Å². The summed E-state index contributed by atoms with van der Waals surface area (Å²) in [4.78, 5) is 11.4. The lowest BCUT2D eigenvalue weighted by Gasteiger charge is -2.18. The Bertz CT molecular complexity index is 180. The zero-order valence-corrected chi connectivity index (χ0v) is 9.47. The van der Waals surface area contributed by atoms with E-state index in [0.29, 0.717) is 6.04 Å². The fourth-order valence-corrected chi connectivity index (χ4v) is 1.22. The molecule has 2 N–H and O–H groups in total. The minimum atomic E-state index is -0.128. The molecule has 0 bridgehead atoms. The smallest absolute Gasteiger partial charge is 0.236 e. The first kappa shape index (κ1) is 13.2. The Morgan fingerprint density at radius 1 is 1.50 bits per heavy atom. The van der Waals surface area contributed by atoms with Crippen LogP contribution in [0.1, 0.15) is 33.6 Å². The molecule has 0 aromatic heterocycles. The third kappa shape index (κ3) is 5.75. The molecule has 3 heteroatoms. The van der Waals surface area contributed by atoms with Gasteiger partial charge in [-0.15, -0.1) is 6.58 Å². The molecule has 0 fully saturated rings. The highest BCUT2D eigenvalue weighted by molar-refractivity contribution is 5.81. The fourth-order valence-electron chi connectivity index (χ4n) is 1.22. The van der Waals surface area contributed by atoms with Crippen molar-refractivity contribution in [2.24, 2.45) is 0 Å². The molecular weight excluding hydrogens is 176 g/mol. The minimum absolute atomic E-state index is 0.0720. The Hall–Kier alpha value is -0.830. The topological polar surface area (TPSA) is 41.1 Å². The molecule has 0 aromatic carbocycles. The van der Waals surface area contributed by atoms with Crippen LogP contribution in [0.2, 0.25) is 0 Å². The SMILES string of the molecule is C=CCC(C)NC(C)C(=O)NCCC. The standard InChI is InChI=1S/C11H22N2O/c1-5-7-9(3)13-10(4)11(14)12-8-6-2/h5,9-10,13H,1,6-8H2,2-4H3,(H,12,14). The number of carbonyl (C=O) groups excluding carboxylic acids is 1. The molecule has 0 aliphatic carbocycles. The second-order valence-corrected chi connectivity index (χ2v) is 3.60. The summed E-state index contributed by atoms with van der Waals surface area (Å²) in [6.45, 7) is 10.4. The number of hydrogen-bond donors (Lipinski definition) is 2. The van der Waals surface area contributed by atoms with E-state index < -0.39 is 0 Å². The normalized spacial score (nSPS) is 14.5. The molecular formula is C11H22N2O. The lowest BCUT2D eigenvalue weighted by atomic mass is 10.2. The van der Waals surface area contributed by atoms with Crippen LogP contribution in [0, 0.1) is 0 Å². The molecule has 2 atom stereocenters. The molecule has 0 aliphatic heterocycles. The third-order valence-corrected chi connectivity index (χ3v) is 2.00. The molecule has 0 saturated heterocycles. The van der Waals surface area contributed by atoms with Gasteiger partial charge in [-0.3, -0.25) is 4.79 Å². The lowest BCUT2D eigenvalue weighted by molar-refractivity contribution is -0.122. The van der Waals surface area contributed by atoms with E-state index in [0.717, 1.165) is 19.4 Å². The Morgan fingerprint density at radius 3 is 2.64 bits per heavy atom. The van der Waals surface area contributed by atoms with E-state index in [1.54, 1.807) is 0 Å². The highest BCUT2D eigenvalue weighted by Gasteiger charge is 2.13. The Morgan fingerprint density at radius 2 is 2.14 bits per heavy atom. The van der Waals surface area contributed by atoms with E-state index in [-0.39, 0.29) is 11.9 Å². The molecule has 1 amide bonds. The predicted octanol–water partition coefficient (Wildman–Crippen LogP) is 1.46. The van der Waals surface area contributed by atoms with E-state index in [4.69, 9.17) is 0 Å². The Balaban J connectivity index is 3.75. The van der Waals surface area contributed by atoms with Crippen LogP contribution in [0.25, 0.3) is 0 Å². The third-order valence-electron chi connectivity index (χ3n) is 2.00. The van der Waals surface area contributed by atoms with Gasteiger partial charge >= 0.3 is 0 Å². The summed E-state index contributed by atoms with van der Waals surface area (Å²) in [5.74, 6) is 0.0720. The first-order valence-corrected chi connectivity index (χ1v) is 5.26. The molecule has 2 unspecified atom stereocenters. The Labute approximate surface area is 87.0 Å². The highest BCUT2D eigenvalue weighted by atomic mass is 16.2. The van der Waals surface area contributed by atoms with Crippen LogP contribution < -0.4 is 10.6 Å². The van der Waals surface area contributed by atoms with E-state index in [1.807, 2.05) is 26.8 Å². The maximum Gasteiger partial charge on any atom is 0.236 e. The van der Waals surface area contributed by atoms with Gasteiger partial charge in [0.2, 0.25) is 5.91 Å². The predicted molar refractivity (Wildman–Crippen MR) is 60.2 cm³/mol. The average Bonchev–Trinajstić information content (AvgIpc) is 2.14. The minimum Gasteiger partial charge on any atom is -0.355 e. The summed E-state index contributed by atoms with van der Waals surface area (Å²) >= 11 is 0. The van der Waals surface area contributed by atoms with E-state index in [2.05, 4.69) is 17.2 Å². The van der Waals surface area contributed by atoms with Gasteiger partial charge in [0.1, 0.15) is 0 Å². The molecule has 14 heavy (non-hydrogen) atoms. The number of amides is 1. The van der Waals surface area contributed by atoms with Crippen molar-refractivity contribution >= 4 is 5.91 Å². The van der Waals surface area contributed by atoms with E-state index in [9.17, 15) is 4.79 Å². The maximum absolute atomic E-state index is 11.4. The first-order chi connectivity index (χ1) is 6.61. The van der Waals surface area contributed by atoms with Gasteiger partial charge in [-0.1, -0.05) is 13.0 Å². The number of carbonyl (C=O) groups is 1. The maximum atomic E-state index is 11.4. The number of rotatable bonds is 7. The molecule has 0 aromatic rings. The van der Waals surface area contributed by atoms with Crippen molar-refractivity contribution in [3.05, 3.63) is 12.7 Å². The summed E-state index contributed by atoms with van der Waals surface area (Å²) in [6, 6.07) is 0.173. The zero-order valence-electron chi connectivity index (χ0n) is 9.47. The molecule has 0 heterocycles. The number of nitrogens with one attached hydrogen (secondary N) is 2. The van der Waals surface area contributed by atoms with Gasteiger partial charge in [0.25, 0.3) is 0 Å². The lowest BCUT2D eigenvalue weighted by Crippen LogP contribution is -2.45. The van der Waals surface area contributed by atoms with Crippen molar-refractivity contribution in [2.45, 2.75) is 45.7 Å². The van der Waals surface area contributed by atoms with Crippen LogP contribution in [-0.4, -0.2) is 24.5 Å². The van der Waals surface area contributed by atoms with Crippen LogP contribution >= 0.6 is 0 Å². The van der Waals surface area contributed by atoms with Gasteiger partial charge in [-0.05, 0) is 26.7 Å². The summed E-state index contributed by atoms with van der Waals surface area (Å²) in [7, 11) is 0. The van der Waals surface area contributed by atoms with Crippen molar-refractivity contribution in [2.75, 3.05) is 6.54 Å². The summed E-state index contributed by atoms with van der Waals surface area (Å²) in [5, 5.41) is 6.06.